The predicted molar refractivity (Wildman–Crippen MR) is 65.9 cm³/mol. The molecule has 0 unspecified atom stereocenters. The van der Waals surface area contributed by atoms with Gasteiger partial charge in [0, 0.05) is 11.8 Å². The lowest BCUT2D eigenvalue weighted by atomic mass is 10.1. The van der Waals surface area contributed by atoms with Crippen molar-refractivity contribution < 1.29 is 9.15 Å². The van der Waals surface area contributed by atoms with Gasteiger partial charge in [0.25, 0.3) is 0 Å². The van der Waals surface area contributed by atoms with E-state index in [9.17, 15) is 0 Å². The molecule has 1 N–H and O–H groups in total. The summed E-state index contributed by atoms with van der Waals surface area (Å²) < 4.78 is 10.8. The summed E-state index contributed by atoms with van der Waals surface area (Å²) in [5.74, 6) is 1.63. The number of ether oxygens (including phenoxy) is 1. The second kappa shape index (κ2) is 5.50. The van der Waals surface area contributed by atoms with E-state index in [4.69, 9.17) is 9.15 Å². The van der Waals surface area contributed by atoms with Gasteiger partial charge in [0.05, 0.1) is 19.9 Å². The minimum Gasteiger partial charge on any atom is -0.494 e. The number of pyridine rings is 1. The molecule has 4 nitrogen and oxygen atoms in total. The normalized spacial score (nSPS) is 10.5. The summed E-state index contributed by atoms with van der Waals surface area (Å²) in [7, 11) is 1.64. The molecule has 0 aliphatic carbocycles. The Hall–Kier alpha value is -1.81. The second-order valence-electron chi connectivity index (χ2n) is 3.59. The van der Waals surface area contributed by atoms with E-state index >= 15 is 0 Å². The number of furan rings is 1. The first kappa shape index (κ1) is 11.7. The molecule has 0 amide bonds. The van der Waals surface area contributed by atoms with Gasteiger partial charge in [-0.05, 0) is 24.7 Å². The minimum absolute atomic E-state index is 0.693. The summed E-state index contributed by atoms with van der Waals surface area (Å²) in [5.41, 5.74) is 1.79. The molecule has 0 aliphatic heterocycles. The average Bonchev–Trinajstić information content (AvgIpc) is 2.84. The summed E-state index contributed by atoms with van der Waals surface area (Å²) in [6.07, 6.45) is 3.43. The van der Waals surface area contributed by atoms with Gasteiger partial charge in [0.2, 0.25) is 0 Å². The Morgan fingerprint density at radius 3 is 3.06 bits per heavy atom. The maximum atomic E-state index is 5.46. The van der Waals surface area contributed by atoms with E-state index in [1.165, 1.54) is 0 Å². The van der Waals surface area contributed by atoms with Crippen LogP contribution in [0.2, 0.25) is 0 Å². The molecule has 2 aromatic rings. The molecule has 2 rings (SSSR count). The molecule has 17 heavy (non-hydrogen) atoms. The minimum atomic E-state index is 0.693. The van der Waals surface area contributed by atoms with Crippen molar-refractivity contribution in [3.05, 3.63) is 36.4 Å². The molecule has 0 aromatic carbocycles. The van der Waals surface area contributed by atoms with Gasteiger partial charge < -0.3 is 14.5 Å². The van der Waals surface area contributed by atoms with E-state index in [1.807, 2.05) is 18.2 Å². The summed E-state index contributed by atoms with van der Waals surface area (Å²) >= 11 is 0. The van der Waals surface area contributed by atoms with E-state index in [-0.39, 0.29) is 0 Å². The van der Waals surface area contributed by atoms with Crippen LogP contribution in [0.25, 0.3) is 11.3 Å². The van der Waals surface area contributed by atoms with Crippen LogP contribution >= 0.6 is 0 Å². The van der Waals surface area contributed by atoms with E-state index in [0.29, 0.717) is 6.54 Å². The Bertz CT molecular complexity index is 480. The Morgan fingerprint density at radius 2 is 2.29 bits per heavy atom. The average molecular weight is 232 g/mol. The molecule has 0 fully saturated rings. The van der Waals surface area contributed by atoms with E-state index < -0.39 is 0 Å². The van der Waals surface area contributed by atoms with Gasteiger partial charge in [0.1, 0.15) is 17.2 Å². The van der Waals surface area contributed by atoms with Gasteiger partial charge in [-0.1, -0.05) is 6.92 Å². The molecule has 0 bridgehead atoms. The van der Waals surface area contributed by atoms with Gasteiger partial charge in [0.15, 0.2) is 0 Å². The first-order valence-electron chi connectivity index (χ1n) is 5.63. The fraction of sp³-hybridized carbons (Fsp3) is 0.308. The van der Waals surface area contributed by atoms with Crippen molar-refractivity contribution in [1.29, 1.82) is 0 Å². The first-order chi connectivity index (χ1) is 8.36. The van der Waals surface area contributed by atoms with Gasteiger partial charge in [-0.25, -0.2) is 0 Å². The zero-order chi connectivity index (χ0) is 12.1. The third kappa shape index (κ3) is 2.47. The first-order valence-corrected chi connectivity index (χ1v) is 5.63. The van der Waals surface area contributed by atoms with Crippen LogP contribution in [0.3, 0.4) is 0 Å². The maximum absolute atomic E-state index is 5.46. The lowest BCUT2D eigenvalue weighted by molar-refractivity contribution is 0.414. The topological polar surface area (TPSA) is 47.3 Å². The number of rotatable bonds is 5. The molecule has 2 heterocycles. The van der Waals surface area contributed by atoms with Crippen LogP contribution in [-0.2, 0) is 6.54 Å². The fourth-order valence-electron chi connectivity index (χ4n) is 1.68. The Kier molecular flexibility index (Phi) is 3.77. The van der Waals surface area contributed by atoms with Gasteiger partial charge in [-0.3, -0.25) is 4.98 Å². The van der Waals surface area contributed by atoms with Crippen molar-refractivity contribution in [3.8, 4) is 17.0 Å². The molecule has 0 saturated carbocycles. The summed E-state index contributed by atoms with van der Waals surface area (Å²) in [6, 6.07) is 5.66. The molecule has 0 atom stereocenters. The number of hydrogen-bond donors (Lipinski definition) is 1. The van der Waals surface area contributed by atoms with Crippen molar-refractivity contribution in [1.82, 2.24) is 10.3 Å². The molecular formula is C13H16N2O2. The molecule has 0 aliphatic rings. The fourth-order valence-corrected chi connectivity index (χ4v) is 1.68. The molecule has 0 radical (unpaired) electrons. The zero-order valence-electron chi connectivity index (χ0n) is 10.1. The van der Waals surface area contributed by atoms with Gasteiger partial charge >= 0.3 is 0 Å². The summed E-state index contributed by atoms with van der Waals surface area (Å²) in [5, 5.41) is 3.24. The third-order valence-corrected chi connectivity index (χ3v) is 2.53. The standard InChI is InChI=1S/C13H16N2O2/c1-3-14-9-12-10(6-8-17-12)13-11(16-2)5-4-7-15-13/h4-8,14H,3,9H2,1-2H3. The number of nitrogens with one attached hydrogen (secondary N) is 1. The van der Waals surface area contributed by atoms with Crippen LogP contribution in [0.5, 0.6) is 5.75 Å². The van der Waals surface area contributed by atoms with Crippen molar-refractivity contribution in [3.63, 3.8) is 0 Å². The summed E-state index contributed by atoms with van der Waals surface area (Å²) in [6.45, 7) is 3.65. The Labute approximate surface area is 101 Å². The highest BCUT2D eigenvalue weighted by molar-refractivity contribution is 5.67. The lowest BCUT2D eigenvalue weighted by Gasteiger charge is -2.07. The van der Waals surface area contributed by atoms with Crippen LogP contribution in [0.15, 0.2) is 35.1 Å². The van der Waals surface area contributed by atoms with Gasteiger partial charge in [-0.2, -0.15) is 0 Å². The molecule has 90 valence electrons. The molecule has 0 saturated heterocycles. The van der Waals surface area contributed by atoms with Crippen molar-refractivity contribution >= 4 is 0 Å². The van der Waals surface area contributed by atoms with Crippen LogP contribution in [0.4, 0.5) is 0 Å². The van der Waals surface area contributed by atoms with Crippen molar-refractivity contribution in [2.24, 2.45) is 0 Å². The van der Waals surface area contributed by atoms with E-state index in [1.54, 1.807) is 19.6 Å². The molecule has 0 spiro atoms. The van der Waals surface area contributed by atoms with Crippen LogP contribution in [0, 0.1) is 0 Å². The van der Waals surface area contributed by atoms with Gasteiger partial charge in [-0.15, -0.1) is 0 Å². The Morgan fingerprint density at radius 1 is 1.41 bits per heavy atom. The number of aromatic nitrogens is 1. The summed E-state index contributed by atoms with van der Waals surface area (Å²) in [4.78, 5) is 4.35. The monoisotopic (exact) mass is 232 g/mol. The maximum Gasteiger partial charge on any atom is 0.145 e. The van der Waals surface area contributed by atoms with Crippen molar-refractivity contribution in [2.45, 2.75) is 13.5 Å². The second-order valence-corrected chi connectivity index (χ2v) is 3.59. The highest BCUT2D eigenvalue weighted by Crippen LogP contribution is 2.30. The predicted octanol–water partition coefficient (Wildman–Crippen LogP) is 2.46. The SMILES string of the molecule is CCNCc1occc1-c1ncccc1OC. The number of hydrogen-bond acceptors (Lipinski definition) is 4. The van der Waals surface area contributed by atoms with Crippen LogP contribution in [-0.4, -0.2) is 18.6 Å². The largest absolute Gasteiger partial charge is 0.494 e. The smallest absolute Gasteiger partial charge is 0.145 e. The van der Waals surface area contributed by atoms with E-state index in [0.717, 1.165) is 29.3 Å². The van der Waals surface area contributed by atoms with Crippen LogP contribution in [0.1, 0.15) is 12.7 Å². The highest BCUT2D eigenvalue weighted by atomic mass is 16.5. The number of methoxy groups -OCH3 is 1. The Balaban J connectivity index is 2.35. The third-order valence-electron chi connectivity index (χ3n) is 2.53. The highest BCUT2D eigenvalue weighted by Gasteiger charge is 2.13. The molecular weight excluding hydrogens is 216 g/mol. The van der Waals surface area contributed by atoms with Crippen LogP contribution < -0.4 is 10.1 Å². The van der Waals surface area contributed by atoms with E-state index in [2.05, 4.69) is 17.2 Å². The quantitative estimate of drug-likeness (QED) is 0.860. The van der Waals surface area contributed by atoms with Crippen molar-refractivity contribution in [2.75, 3.05) is 13.7 Å². The zero-order valence-corrected chi connectivity index (χ0v) is 10.1. The molecule has 4 heteroatoms. The molecule has 2 aromatic heterocycles. The number of nitrogens with zero attached hydrogens (tertiary/aromatic N) is 1. The lowest BCUT2D eigenvalue weighted by Crippen LogP contribution is -2.11.